The molecule has 2 aromatic rings. The summed E-state index contributed by atoms with van der Waals surface area (Å²) in [5, 5.41) is 0. The van der Waals surface area contributed by atoms with Crippen molar-refractivity contribution >= 4 is 0 Å². The zero-order valence-electron chi connectivity index (χ0n) is 8.85. The summed E-state index contributed by atoms with van der Waals surface area (Å²) in [6, 6.07) is 10.7. The molecule has 0 atom stereocenters. The molecule has 2 rings (SSSR count). The van der Waals surface area contributed by atoms with Crippen LogP contribution >= 0.6 is 0 Å². The van der Waals surface area contributed by atoms with E-state index in [0.717, 1.165) is 11.1 Å². The van der Waals surface area contributed by atoms with Gasteiger partial charge in [-0.15, -0.1) is 0 Å². The predicted molar refractivity (Wildman–Crippen MR) is 59.4 cm³/mol. The number of aromatic nitrogens is 1. The number of ether oxygens (including phenoxy) is 1. The molecule has 1 radical (unpaired) electrons. The highest BCUT2D eigenvalue weighted by atomic mass is 19.1. The normalized spacial score (nSPS) is 10.1. The summed E-state index contributed by atoms with van der Waals surface area (Å²) in [5.41, 5.74) is 2.09. The molecule has 3 heteroatoms. The molecule has 0 unspecified atom stereocenters. The van der Waals surface area contributed by atoms with Gasteiger partial charge in [-0.3, -0.25) is 0 Å². The van der Waals surface area contributed by atoms with E-state index in [-0.39, 0.29) is 0 Å². The second-order valence-corrected chi connectivity index (χ2v) is 3.46. The van der Waals surface area contributed by atoms with Crippen LogP contribution in [0, 0.1) is 19.5 Å². The molecule has 0 spiro atoms. The van der Waals surface area contributed by atoms with Crippen LogP contribution in [0.4, 0.5) is 4.39 Å². The lowest BCUT2D eigenvalue weighted by molar-refractivity contribution is 0.422. The molecule has 0 amide bonds. The first-order chi connectivity index (χ1) is 7.74. The van der Waals surface area contributed by atoms with E-state index in [2.05, 4.69) is 4.98 Å². The number of rotatable bonds is 3. The summed E-state index contributed by atoms with van der Waals surface area (Å²) < 4.78 is 18.1. The van der Waals surface area contributed by atoms with Gasteiger partial charge < -0.3 is 4.74 Å². The fourth-order valence-corrected chi connectivity index (χ4v) is 1.34. The fraction of sp³-hybridized carbons (Fsp3) is 0.0769. The molecular weight excluding hydrogens is 205 g/mol. The molecule has 0 bridgehead atoms. The Morgan fingerprint density at radius 3 is 2.88 bits per heavy atom. The van der Waals surface area contributed by atoms with Gasteiger partial charge in [0.2, 0.25) is 5.95 Å². The lowest BCUT2D eigenvalue weighted by atomic mass is 10.1. The summed E-state index contributed by atoms with van der Waals surface area (Å²) in [5.74, 6) is -0.107. The number of pyridine rings is 1. The van der Waals surface area contributed by atoms with E-state index in [9.17, 15) is 4.39 Å². The minimum absolute atomic E-state index is 0.439. The van der Waals surface area contributed by atoms with Crippen molar-refractivity contribution < 1.29 is 9.13 Å². The highest BCUT2D eigenvalue weighted by Crippen LogP contribution is 2.14. The first-order valence-electron chi connectivity index (χ1n) is 4.92. The quantitative estimate of drug-likeness (QED) is 0.735. The topological polar surface area (TPSA) is 22.1 Å². The largest absolute Gasteiger partial charge is 0.481 e. The Morgan fingerprint density at radius 2 is 2.12 bits per heavy atom. The van der Waals surface area contributed by atoms with Crippen molar-refractivity contribution in [2.24, 2.45) is 0 Å². The maximum Gasteiger partial charge on any atom is 0.216 e. The van der Waals surface area contributed by atoms with Crippen LogP contribution in [-0.2, 0) is 0 Å². The molecule has 0 fully saturated rings. The molecule has 1 aromatic carbocycles. The molecule has 0 aliphatic carbocycles. The molecule has 1 heterocycles. The molecule has 1 aromatic heterocycles. The maximum absolute atomic E-state index is 12.8. The van der Waals surface area contributed by atoms with Gasteiger partial charge in [-0.1, -0.05) is 29.8 Å². The lowest BCUT2D eigenvalue weighted by Crippen LogP contribution is -1.93. The monoisotopic (exact) mass is 216 g/mol. The number of halogens is 1. The van der Waals surface area contributed by atoms with Gasteiger partial charge in [0.1, 0.15) is 5.75 Å². The number of benzene rings is 1. The van der Waals surface area contributed by atoms with Crippen molar-refractivity contribution in [1.82, 2.24) is 4.98 Å². The van der Waals surface area contributed by atoms with Crippen molar-refractivity contribution in [3.8, 4) is 5.75 Å². The number of hydrogen-bond donors (Lipinski definition) is 0. The smallest absolute Gasteiger partial charge is 0.216 e. The van der Waals surface area contributed by atoms with Crippen molar-refractivity contribution in [2.75, 3.05) is 0 Å². The minimum atomic E-state index is -0.546. The van der Waals surface area contributed by atoms with E-state index in [1.807, 2.05) is 31.2 Å². The predicted octanol–water partition coefficient (Wildman–Crippen LogP) is 3.12. The average molecular weight is 216 g/mol. The van der Waals surface area contributed by atoms with E-state index < -0.39 is 5.95 Å². The summed E-state index contributed by atoms with van der Waals surface area (Å²) in [6.07, 6.45) is 1.37. The maximum atomic E-state index is 12.8. The SMILES string of the molecule is Cc1cccc([CH]Oc2ccnc(F)c2)c1. The van der Waals surface area contributed by atoms with Crippen LogP contribution in [0.15, 0.2) is 42.6 Å². The van der Waals surface area contributed by atoms with Gasteiger partial charge in [0.25, 0.3) is 0 Å². The van der Waals surface area contributed by atoms with Crippen LogP contribution in [0.5, 0.6) is 5.75 Å². The van der Waals surface area contributed by atoms with Gasteiger partial charge >= 0.3 is 0 Å². The van der Waals surface area contributed by atoms with Crippen molar-refractivity contribution in [1.29, 1.82) is 0 Å². The molecule has 2 nitrogen and oxygen atoms in total. The molecule has 0 saturated heterocycles. The van der Waals surface area contributed by atoms with Gasteiger partial charge in [0.15, 0.2) is 6.61 Å². The molecular formula is C13H11FNO. The van der Waals surface area contributed by atoms with Crippen LogP contribution < -0.4 is 4.74 Å². The van der Waals surface area contributed by atoms with Gasteiger partial charge in [0.05, 0.1) is 0 Å². The van der Waals surface area contributed by atoms with Gasteiger partial charge in [-0.25, -0.2) is 4.98 Å². The Labute approximate surface area is 93.7 Å². The highest BCUT2D eigenvalue weighted by molar-refractivity contribution is 5.28. The van der Waals surface area contributed by atoms with E-state index in [1.165, 1.54) is 12.3 Å². The van der Waals surface area contributed by atoms with Crippen LogP contribution in [0.3, 0.4) is 0 Å². The fourth-order valence-electron chi connectivity index (χ4n) is 1.34. The molecule has 0 aliphatic heterocycles. The van der Waals surface area contributed by atoms with Crippen LogP contribution in [0.2, 0.25) is 0 Å². The van der Waals surface area contributed by atoms with Crippen molar-refractivity contribution in [3.05, 3.63) is 66.3 Å². The second kappa shape index (κ2) is 4.75. The third-order valence-electron chi connectivity index (χ3n) is 2.07. The van der Waals surface area contributed by atoms with E-state index >= 15 is 0 Å². The molecule has 81 valence electrons. The molecule has 0 aliphatic rings. The molecule has 0 N–H and O–H groups in total. The van der Waals surface area contributed by atoms with Crippen molar-refractivity contribution in [3.63, 3.8) is 0 Å². The highest BCUT2D eigenvalue weighted by Gasteiger charge is 1.99. The number of aryl methyl sites for hydroxylation is 1. The second-order valence-electron chi connectivity index (χ2n) is 3.46. The summed E-state index contributed by atoms with van der Waals surface area (Å²) in [6.45, 7) is 3.59. The van der Waals surface area contributed by atoms with Crippen LogP contribution in [0.25, 0.3) is 0 Å². The van der Waals surface area contributed by atoms with E-state index in [4.69, 9.17) is 4.74 Å². The average Bonchev–Trinajstić information content (AvgIpc) is 2.27. The number of nitrogens with zero attached hydrogens (tertiary/aromatic N) is 1. The standard InChI is InChI=1S/C13H11FNO/c1-10-3-2-4-11(7-10)9-16-12-5-6-15-13(14)8-12/h2-9H,1H3. The van der Waals surface area contributed by atoms with Gasteiger partial charge in [-0.05, 0) is 18.6 Å². The summed E-state index contributed by atoms with van der Waals surface area (Å²) in [7, 11) is 0. The zero-order chi connectivity index (χ0) is 11.4. The third-order valence-corrected chi connectivity index (χ3v) is 2.07. The zero-order valence-corrected chi connectivity index (χ0v) is 8.85. The van der Waals surface area contributed by atoms with Crippen LogP contribution in [-0.4, -0.2) is 4.98 Å². The first kappa shape index (κ1) is 10.6. The Morgan fingerprint density at radius 1 is 1.25 bits per heavy atom. The van der Waals surface area contributed by atoms with Crippen LogP contribution in [0.1, 0.15) is 11.1 Å². The Bertz CT molecular complexity index is 439. The summed E-state index contributed by atoms with van der Waals surface area (Å²) >= 11 is 0. The molecule has 0 saturated carbocycles. The Balaban J connectivity index is 2.02. The van der Waals surface area contributed by atoms with Gasteiger partial charge in [0, 0.05) is 12.3 Å². The molecule has 16 heavy (non-hydrogen) atoms. The third kappa shape index (κ3) is 2.79. The van der Waals surface area contributed by atoms with E-state index in [0.29, 0.717) is 5.75 Å². The number of hydrogen-bond acceptors (Lipinski definition) is 2. The van der Waals surface area contributed by atoms with Crippen molar-refractivity contribution in [2.45, 2.75) is 6.92 Å². The lowest BCUT2D eigenvalue weighted by Gasteiger charge is -2.05. The van der Waals surface area contributed by atoms with Gasteiger partial charge in [-0.2, -0.15) is 4.39 Å². The summed E-state index contributed by atoms with van der Waals surface area (Å²) in [4.78, 5) is 3.45. The minimum Gasteiger partial charge on any atom is -0.481 e. The van der Waals surface area contributed by atoms with E-state index in [1.54, 1.807) is 12.7 Å². The Kier molecular flexibility index (Phi) is 3.15. The first-order valence-corrected chi connectivity index (χ1v) is 4.92. The Hall–Kier alpha value is -1.90.